The van der Waals surface area contributed by atoms with E-state index in [1.165, 1.54) is 58.3 Å². The van der Waals surface area contributed by atoms with Crippen LogP contribution in [0.1, 0.15) is 46.0 Å². The van der Waals surface area contributed by atoms with Crippen molar-refractivity contribution < 1.29 is 0 Å². The van der Waals surface area contributed by atoms with Crippen LogP contribution in [0.15, 0.2) is 0 Å². The second-order valence-corrected chi connectivity index (χ2v) is 5.47. The molecule has 1 aliphatic heterocycles. The van der Waals surface area contributed by atoms with Gasteiger partial charge in [-0.3, -0.25) is 0 Å². The minimum atomic E-state index is 0.605. The number of nitrogens with zero attached hydrogens (tertiary/aromatic N) is 1. The molecule has 1 saturated heterocycles. The molecule has 0 amide bonds. The standard InChI is InChI=1S/C13H26N2/c1-3-7-13(8-9-14-10-13)11-15(4-2)12-5-6-12/h12,14H,3-11H2,1-2H3. The molecule has 1 unspecified atom stereocenters. The van der Waals surface area contributed by atoms with Crippen LogP contribution in [0, 0.1) is 5.41 Å². The zero-order valence-corrected chi connectivity index (χ0v) is 10.4. The van der Waals surface area contributed by atoms with Gasteiger partial charge in [0.25, 0.3) is 0 Å². The maximum atomic E-state index is 3.56. The van der Waals surface area contributed by atoms with Gasteiger partial charge in [-0.15, -0.1) is 0 Å². The highest BCUT2D eigenvalue weighted by atomic mass is 15.2. The van der Waals surface area contributed by atoms with Gasteiger partial charge in [0.2, 0.25) is 0 Å². The summed E-state index contributed by atoms with van der Waals surface area (Å²) >= 11 is 0. The highest BCUT2D eigenvalue weighted by Crippen LogP contribution is 2.36. The lowest BCUT2D eigenvalue weighted by Crippen LogP contribution is -2.40. The Bertz CT molecular complexity index is 193. The van der Waals surface area contributed by atoms with E-state index in [0.29, 0.717) is 5.41 Å². The van der Waals surface area contributed by atoms with Crippen molar-refractivity contribution in [1.82, 2.24) is 10.2 Å². The predicted octanol–water partition coefficient (Wildman–Crippen LogP) is 2.25. The number of nitrogens with one attached hydrogen (secondary N) is 1. The monoisotopic (exact) mass is 210 g/mol. The molecular formula is C13H26N2. The summed E-state index contributed by atoms with van der Waals surface area (Å²) in [5.41, 5.74) is 0.605. The first-order valence-electron chi connectivity index (χ1n) is 6.74. The van der Waals surface area contributed by atoms with Gasteiger partial charge in [-0.25, -0.2) is 0 Å². The predicted molar refractivity (Wildman–Crippen MR) is 65.1 cm³/mol. The second-order valence-electron chi connectivity index (χ2n) is 5.47. The average Bonchev–Trinajstić information content (AvgIpc) is 2.98. The van der Waals surface area contributed by atoms with Crippen LogP contribution < -0.4 is 5.32 Å². The molecule has 15 heavy (non-hydrogen) atoms. The molecule has 0 bridgehead atoms. The fraction of sp³-hybridized carbons (Fsp3) is 1.00. The number of rotatable bonds is 6. The van der Waals surface area contributed by atoms with E-state index >= 15 is 0 Å². The molecule has 2 fully saturated rings. The highest BCUT2D eigenvalue weighted by molar-refractivity contribution is 4.94. The van der Waals surface area contributed by atoms with Crippen molar-refractivity contribution in [2.75, 3.05) is 26.2 Å². The number of hydrogen-bond acceptors (Lipinski definition) is 2. The van der Waals surface area contributed by atoms with Gasteiger partial charge < -0.3 is 10.2 Å². The smallest absolute Gasteiger partial charge is 0.00965 e. The topological polar surface area (TPSA) is 15.3 Å². The van der Waals surface area contributed by atoms with Gasteiger partial charge in [0.15, 0.2) is 0 Å². The second kappa shape index (κ2) is 4.84. The van der Waals surface area contributed by atoms with Gasteiger partial charge in [-0.2, -0.15) is 0 Å². The van der Waals surface area contributed by atoms with Crippen molar-refractivity contribution in [2.24, 2.45) is 5.41 Å². The minimum absolute atomic E-state index is 0.605. The molecule has 1 saturated carbocycles. The molecule has 2 aliphatic rings. The molecule has 1 atom stereocenters. The van der Waals surface area contributed by atoms with E-state index < -0.39 is 0 Å². The van der Waals surface area contributed by atoms with E-state index in [1.54, 1.807) is 0 Å². The fourth-order valence-corrected chi connectivity index (χ4v) is 3.12. The van der Waals surface area contributed by atoms with Gasteiger partial charge in [-0.1, -0.05) is 20.3 Å². The quantitative estimate of drug-likeness (QED) is 0.723. The minimum Gasteiger partial charge on any atom is -0.316 e. The lowest BCUT2D eigenvalue weighted by molar-refractivity contribution is 0.151. The Morgan fingerprint density at radius 2 is 2.13 bits per heavy atom. The molecule has 0 radical (unpaired) electrons. The van der Waals surface area contributed by atoms with Crippen LogP contribution in [0.4, 0.5) is 0 Å². The third-order valence-corrected chi connectivity index (χ3v) is 4.12. The third kappa shape index (κ3) is 2.73. The molecule has 88 valence electrons. The Morgan fingerprint density at radius 3 is 2.60 bits per heavy atom. The van der Waals surface area contributed by atoms with Gasteiger partial charge in [0, 0.05) is 19.1 Å². The van der Waals surface area contributed by atoms with Crippen molar-refractivity contribution in [3.63, 3.8) is 0 Å². The largest absolute Gasteiger partial charge is 0.316 e. The summed E-state index contributed by atoms with van der Waals surface area (Å²) in [6.07, 6.45) is 7.03. The van der Waals surface area contributed by atoms with E-state index in [-0.39, 0.29) is 0 Å². The summed E-state index contributed by atoms with van der Waals surface area (Å²) in [6, 6.07) is 0.935. The van der Waals surface area contributed by atoms with Crippen molar-refractivity contribution in [3.8, 4) is 0 Å². The lowest BCUT2D eigenvalue weighted by atomic mass is 9.82. The van der Waals surface area contributed by atoms with Crippen molar-refractivity contribution in [2.45, 2.75) is 52.0 Å². The normalized spacial score (nSPS) is 31.4. The van der Waals surface area contributed by atoms with E-state index in [0.717, 1.165) is 6.04 Å². The van der Waals surface area contributed by atoms with Crippen LogP contribution >= 0.6 is 0 Å². The molecular weight excluding hydrogens is 184 g/mol. The number of hydrogen-bond donors (Lipinski definition) is 1. The first-order valence-corrected chi connectivity index (χ1v) is 6.74. The van der Waals surface area contributed by atoms with Gasteiger partial charge in [-0.05, 0) is 44.2 Å². The molecule has 0 aromatic heterocycles. The van der Waals surface area contributed by atoms with Gasteiger partial charge in [0.05, 0.1) is 0 Å². The van der Waals surface area contributed by atoms with E-state index in [2.05, 4.69) is 24.1 Å². The molecule has 1 N–H and O–H groups in total. The van der Waals surface area contributed by atoms with Crippen molar-refractivity contribution in [1.29, 1.82) is 0 Å². The maximum absolute atomic E-state index is 3.56. The van der Waals surface area contributed by atoms with Crippen molar-refractivity contribution in [3.05, 3.63) is 0 Å². The summed E-state index contributed by atoms with van der Waals surface area (Å²) in [4.78, 5) is 2.72. The van der Waals surface area contributed by atoms with Crippen LogP contribution in [0.25, 0.3) is 0 Å². The summed E-state index contributed by atoms with van der Waals surface area (Å²) in [5.74, 6) is 0. The average molecular weight is 210 g/mol. The summed E-state index contributed by atoms with van der Waals surface area (Å²) in [7, 11) is 0. The summed E-state index contributed by atoms with van der Waals surface area (Å²) in [5, 5.41) is 3.56. The molecule has 1 aliphatic carbocycles. The Labute approximate surface area is 94.4 Å². The van der Waals surface area contributed by atoms with E-state index in [4.69, 9.17) is 0 Å². The molecule has 2 rings (SSSR count). The van der Waals surface area contributed by atoms with E-state index in [9.17, 15) is 0 Å². The molecule has 2 nitrogen and oxygen atoms in total. The first kappa shape index (κ1) is 11.4. The van der Waals surface area contributed by atoms with E-state index in [1.807, 2.05) is 0 Å². The zero-order chi connectivity index (χ0) is 10.7. The van der Waals surface area contributed by atoms with Gasteiger partial charge in [0.1, 0.15) is 0 Å². The molecule has 0 spiro atoms. The van der Waals surface area contributed by atoms with Crippen LogP contribution in [-0.2, 0) is 0 Å². The van der Waals surface area contributed by atoms with Crippen molar-refractivity contribution >= 4 is 0 Å². The molecule has 2 heteroatoms. The Balaban J connectivity index is 1.92. The summed E-state index contributed by atoms with van der Waals surface area (Å²) < 4.78 is 0. The Kier molecular flexibility index (Phi) is 3.68. The Hall–Kier alpha value is -0.0800. The van der Waals surface area contributed by atoms with Crippen LogP contribution in [-0.4, -0.2) is 37.1 Å². The maximum Gasteiger partial charge on any atom is 0.00965 e. The first-order chi connectivity index (χ1) is 7.29. The van der Waals surface area contributed by atoms with Crippen LogP contribution in [0.5, 0.6) is 0 Å². The highest BCUT2D eigenvalue weighted by Gasteiger charge is 2.38. The van der Waals surface area contributed by atoms with Gasteiger partial charge >= 0.3 is 0 Å². The Morgan fingerprint density at radius 1 is 1.33 bits per heavy atom. The molecule has 1 heterocycles. The fourth-order valence-electron chi connectivity index (χ4n) is 3.12. The zero-order valence-electron chi connectivity index (χ0n) is 10.4. The lowest BCUT2D eigenvalue weighted by Gasteiger charge is -2.34. The SMILES string of the molecule is CCCC1(CN(CC)C2CC2)CCNC1. The molecule has 0 aromatic carbocycles. The third-order valence-electron chi connectivity index (χ3n) is 4.12. The molecule has 0 aromatic rings. The summed E-state index contributed by atoms with van der Waals surface area (Å²) in [6.45, 7) is 9.73. The van der Waals surface area contributed by atoms with Crippen LogP contribution in [0.3, 0.4) is 0 Å². The van der Waals surface area contributed by atoms with Crippen LogP contribution in [0.2, 0.25) is 0 Å².